The van der Waals surface area contributed by atoms with Crippen LogP contribution in [0.1, 0.15) is 16.7 Å². The molecule has 144 valence electrons. The number of benzene rings is 2. The molecule has 2 aromatic carbocycles. The third-order valence-electron chi connectivity index (χ3n) is 5.08. The Morgan fingerprint density at radius 3 is 2.30 bits per heavy atom. The lowest BCUT2D eigenvalue weighted by Crippen LogP contribution is -2.48. The molecule has 1 aliphatic heterocycles. The van der Waals surface area contributed by atoms with Crippen molar-refractivity contribution < 1.29 is 14.3 Å². The Kier molecular flexibility index (Phi) is 6.35. The quantitative estimate of drug-likeness (QED) is 0.786. The number of amides is 1. The van der Waals surface area contributed by atoms with Crippen LogP contribution in [0.15, 0.2) is 42.5 Å². The Labute approximate surface area is 161 Å². The Morgan fingerprint density at radius 2 is 1.67 bits per heavy atom. The number of aryl methyl sites for hydroxylation is 1. The van der Waals surface area contributed by atoms with Gasteiger partial charge in [0, 0.05) is 38.3 Å². The summed E-state index contributed by atoms with van der Waals surface area (Å²) in [7, 11) is 3.36. The fourth-order valence-corrected chi connectivity index (χ4v) is 3.39. The van der Waals surface area contributed by atoms with Gasteiger partial charge in [0.2, 0.25) is 5.91 Å². The Balaban J connectivity index is 1.54. The molecule has 0 aromatic heterocycles. The molecule has 1 fully saturated rings. The van der Waals surface area contributed by atoms with E-state index in [9.17, 15) is 4.79 Å². The fourth-order valence-electron chi connectivity index (χ4n) is 3.39. The lowest BCUT2D eigenvalue weighted by molar-refractivity contribution is -0.132. The van der Waals surface area contributed by atoms with Crippen molar-refractivity contribution in [1.29, 1.82) is 0 Å². The molecular weight excluding hydrogens is 340 g/mol. The summed E-state index contributed by atoms with van der Waals surface area (Å²) < 4.78 is 10.8. The number of ether oxygens (including phenoxy) is 2. The molecule has 1 aliphatic rings. The summed E-state index contributed by atoms with van der Waals surface area (Å²) >= 11 is 0. The first-order valence-corrected chi connectivity index (χ1v) is 9.35. The van der Waals surface area contributed by atoms with Crippen LogP contribution in [-0.2, 0) is 17.8 Å². The summed E-state index contributed by atoms with van der Waals surface area (Å²) in [6.45, 7) is 6.09. The third-order valence-corrected chi connectivity index (χ3v) is 5.08. The zero-order chi connectivity index (χ0) is 19.2. The van der Waals surface area contributed by atoms with Gasteiger partial charge < -0.3 is 14.4 Å². The van der Waals surface area contributed by atoms with E-state index in [4.69, 9.17) is 9.47 Å². The van der Waals surface area contributed by atoms with Crippen LogP contribution in [0.4, 0.5) is 0 Å². The average molecular weight is 368 g/mol. The molecule has 0 unspecified atom stereocenters. The van der Waals surface area contributed by atoms with E-state index in [-0.39, 0.29) is 5.91 Å². The number of methoxy groups -OCH3 is 2. The van der Waals surface area contributed by atoms with Gasteiger partial charge in [-0.2, -0.15) is 0 Å². The number of carbonyl (C=O) groups is 1. The summed E-state index contributed by atoms with van der Waals surface area (Å²) in [5.74, 6) is 1.91. The Hall–Kier alpha value is -2.53. The number of hydrogen-bond donors (Lipinski definition) is 0. The summed E-state index contributed by atoms with van der Waals surface area (Å²) in [6.07, 6.45) is 0.476. The molecule has 0 bridgehead atoms. The predicted octanol–water partition coefficient (Wildman–Crippen LogP) is 2.90. The highest BCUT2D eigenvalue weighted by Crippen LogP contribution is 2.25. The van der Waals surface area contributed by atoms with Crippen molar-refractivity contribution in [3.05, 3.63) is 59.2 Å². The van der Waals surface area contributed by atoms with Gasteiger partial charge in [-0.3, -0.25) is 9.69 Å². The zero-order valence-corrected chi connectivity index (χ0v) is 16.4. The van der Waals surface area contributed by atoms with E-state index in [0.29, 0.717) is 6.42 Å². The molecule has 0 saturated carbocycles. The molecule has 27 heavy (non-hydrogen) atoms. The van der Waals surface area contributed by atoms with Crippen molar-refractivity contribution in [1.82, 2.24) is 9.80 Å². The minimum atomic E-state index is 0.206. The highest BCUT2D eigenvalue weighted by Gasteiger charge is 2.22. The summed E-state index contributed by atoms with van der Waals surface area (Å²) in [4.78, 5) is 16.9. The van der Waals surface area contributed by atoms with Crippen molar-refractivity contribution in [3.8, 4) is 11.5 Å². The molecule has 0 N–H and O–H groups in total. The summed E-state index contributed by atoms with van der Waals surface area (Å²) in [5.41, 5.74) is 3.40. The fraction of sp³-hybridized carbons (Fsp3) is 0.409. The van der Waals surface area contributed by atoms with Crippen molar-refractivity contribution in [3.63, 3.8) is 0 Å². The van der Waals surface area contributed by atoms with Crippen molar-refractivity contribution in [2.24, 2.45) is 0 Å². The SMILES string of the molecule is COc1ccc(OC)c(CN2CCN(C(=O)Cc3ccc(C)cc3)CC2)c1. The van der Waals surface area contributed by atoms with Gasteiger partial charge in [-0.1, -0.05) is 29.8 Å². The normalized spacial score (nSPS) is 14.9. The second-order valence-corrected chi connectivity index (χ2v) is 7.00. The first-order valence-electron chi connectivity index (χ1n) is 9.35. The maximum absolute atomic E-state index is 12.6. The van der Waals surface area contributed by atoms with Gasteiger partial charge in [0.1, 0.15) is 11.5 Å². The highest BCUT2D eigenvalue weighted by molar-refractivity contribution is 5.78. The van der Waals surface area contributed by atoms with E-state index < -0.39 is 0 Å². The average Bonchev–Trinajstić information content (AvgIpc) is 2.70. The van der Waals surface area contributed by atoms with Crippen LogP contribution in [0.3, 0.4) is 0 Å². The van der Waals surface area contributed by atoms with Gasteiger partial charge in [-0.05, 0) is 30.7 Å². The van der Waals surface area contributed by atoms with E-state index in [0.717, 1.165) is 55.3 Å². The van der Waals surface area contributed by atoms with Crippen LogP contribution in [-0.4, -0.2) is 56.1 Å². The monoisotopic (exact) mass is 368 g/mol. The predicted molar refractivity (Wildman–Crippen MR) is 106 cm³/mol. The highest BCUT2D eigenvalue weighted by atomic mass is 16.5. The van der Waals surface area contributed by atoms with Crippen LogP contribution in [0.2, 0.25) is 0 Å². The van der Waals surface area contributed by atoms with E-state index in [2.05, 4.69) is 24.0 Å². The standard InChI is InChI=1S/C22H28N2O3/c1-17-4-6-18(7-5-17)14-22(25)24-12-10-23(11-13-24)16-19-15-20(26-2)8-9-21(19)27-3/h4-9,15H,10-14,16H2,1-3H3. The van der Waals surface area contributed by atoms with Gasteiger partial charge in [0.15, 0.2) is 0 Å². The van der Waals surface area contributed by atoms with E-state index in [1.54, 1.807) is 14.2 Å². The number of nitrogens with zero attached hydrogens (tertiary/aromatic N) is 2. The van der Waals surface area contributed by atoms with Crippen LogP contribution >= 0.6 is 0 Å². The van der Waals surface area contributed by atoms with Crippen LogP contribution in [0, 0.1) is 6.92 Å². The molecular formula is C22H28N2O3. The molecule has 0 radical (unpaired) electrons. The van der Waals surface area contributed by atoms with Crippen molar-refractivity contribution in [2.75, 3.05) is 40.4 Å². The first kappa shape index (κ1) is 19.2. The van der Waals surface area contributed by atoms with Crippen molar-refractivity contribution in [2.45, 2.75) is 19.9 Å². The summed E-state index contributed by atoms with van der Waals surface area (Å²) in [6, 6.07) is 14.1. The van der Waals surface area contributed by atoms with Gasteiger partial charge in [-0.15, -0.1) is 0 Å². The molecule has 1 heterocycles. The van der Waals surface area contributed by atoms with Crippen LogP contribution < -0.4 is 9.47 Å². The molecule has 0 spiro atoms. The van der Waals surface area contributed by atoms with Gasteiger partial charge >= 0.3 is 0 Å². The van der Waals surface area contributed by atoms with Gasteiger partial charge in [0.05, 0.1) is 20.6 Å². The molecule has 1 saturated heterocycles. The summed E-state index contributed by atoms with van der Waals surface area (Å²) in [5, 5.41) is 0. The molecule has 2 aromatic rings. The Bertz CT molecular complexity index is 766. The maximum Gasteiger partial charge on any atom is 0.227 e. The van der Waals surface area contributed by atoms with Crippen LogP contribution in [0.25, 0.3) is 0 Å². The second kappa shape index (κ2) is 8.91. The second-order valence-electron chi connectivity index (χ2n) is 7.00. The minimum Gasteiger partial charge on any atom is -0.497 e. The van der Waals surface area contributed by atoms with Crippen molar-refractivity contribution >= 4 is 5.91 Å². The number of piperazine rings is 1. The minimum absolute atomic E-state index is 0.206. The molecule has 5 heteroatoms. The largest absolute Gasteiger partial charge is 0.497 e. The maximum atomic E-state index is 12.6. The number of rotatable bonds is 6. The topological polar surface area (TPSA) is 42.0 Å². The lowest BCUT2D eigenvalue weighted by atomic mass is 10.1. The van der Waals surface area contributed by atoms with Gasteiger partial charge in [-0.25, -0.2) is 0 Å². The molecule has 0 aliphatic carbocycles. The smallest absolute Gasteiger partial charge is 0.227 e. The third kappa shape index (κ3) is 5.01. The first-order chi connectivity index (χ1) is 13.1. The Morgan fingerprint density at radius 1 is 0.963 bits per heavy atom. The molecule has 1 amide bonds. The van der Waals surface area contributed by atoms with Gasteiger partial charge in [0.25, 0.3) is 0 Å². The molecule has 5 nitrogen and oxygen atoms in total. The number of carbonyl (C=O) groups excluding carboxylic acids is 1. The molecule has 3 rings (SSSR count). The van der Waals surface area contributed by atoms with E-state index >= 15 is 0 Å². The van der Waals surface area contributed by atoms with E-state index in [1.807, 2.05) is 35.2 Å². The zero-order valence-electron chi connectivity index (χ0n) is 16.4. The van der Waals surface area contributed by atoms with Crippen LogP contribution in [0.5, 0.6) is 11.5 Å². The van der Waals surface area contributed by atoms with E-state index in [1.165, 1.54) is 5.56 Å². The lowest BCUT2D eigenvalue weighted by Gasteiger charge is -2.35. The molecule has 0 atom stereocenters. The number of hydrogen-bond acceptors (Lipinski definition) is 4.